The van der Waals surface area contributed by atoms with Gasteiger partial charge in [-0.1, -0.05) is 11.6 Å². The van der Waals surface area contributed by atoms with Crippen LogP contribution in [-0.4, -0.2) is 4.98 Å². The first-order valence-electron chi connectivity index (χ1n) is 4.58. The van der Waals surface area contributed by atoms with Crippen LogP contribution in [0.2, 0.25) is 5.02 Å². The van der Waals surface area contributed by atoms with E-state index in [2.05, 4.69) is 4.98 Å². The molecule has 0 bridgehead atoms. The SMILES string of the molecule is [2H]c1c(C([2H])([2H])[2H])nc(F)c(Cl)c1[2H]. The molecule has 0 atom stereocenters. The molecule has 1 nitrogen and oxygen atoms in total. The van der Waals surface area contributed by atoms with Crippen LogP contribution in [0.5, 0.6) is 0 Å². The molecule has 3 heteroatoms. The van der Waals surface area contributed by atoms with Gasteiger partial charge < -0.3 is 0 Å². The van der Waals surface area contributed by atoms with Gasteiger partial charge in [0.15, 0.2) is 0 Å². The van der Waals surface area contributed by atoms with Crippen molar-refractivity contribution >= 4 is 11.6 Å². The smallest absolute Gasteiger partial charge is 0.224 e. The van der Waals surface area contributed by atoms with E-state index in [0.29, 0.717) is 0 Å². The zero-order valence-electron chi connectivity index (χ0n) is 9.20. The molecule has 48 valence electrons. The molecule has 1 aromatic rings. The second-order valence-corrected chi connectivity index (χ2v) is 1.69. The lowest BCUT2D eigenvalue weighted by Gasteiger charge is -1.91. The predicted molar refractivity (Wildman–Crippen MR) is 33.9 cm³/mol. The van der Waals surface area contributed by atoms with Crippen molar-refractivity contribution in [1.82, 2.24) is 4.98 Å². The largest absolute Gasteiger partial charge is 0.231 e. The molecule has 1 aromatic heterocycles. The summed E-state index contributed by atoms with van der Waals surface area (Å²) in [7, 11) is 0. The van der Waals surface area contributed by atoms with Crippen LogP contribution >= 0.6 is 11.6 Å². The number of rotatable bonds is 0. The summed E-state index contributed by atoms with van der Waals surface area (Å²) in [5.41, 5.74) is -0.746. The van der Waals surface area contributed by atoms with Gasteiger partial charge in [-0.05, 0) is 18.9 Å². The molecule has 0 aliphatic rings. The quantitative estimate of drug-likeness (QED) is 0.517. The standard InChI is InChI=1S/C6H5ClFN/c1-4-2-3-5(7)6(8)9-4/h2-3H,1H3/i1D3,2D,3D. The zero-order chi connectivity index (χ0) is 11.1. The Bertz CT molecular complexity index is 377. The first-order chi connectivity index (χ1) is 6.25. The summed E-state index contributed by atoms with van der Waals surface area (Å²) in [6.45, 7) is -2.71. The van der Waals surface area contributed by atoms with Gasteiger partial charge in [-0.3, -0.25) is 0 Å². The fourth-order valence-corrected chi connectivity index (χ4v) is 0.430. The maximum absolute atomic E-state index is 12.9. The Hall–Kier alpha value is -0.630. The molecule has 0 saturated carbocycles. The van der Waals surface area contributed by atoms with Crippen molar-refractivity contribution in [2.75, 3.05) is 0 Å². The summed E-state index contributed by atoms with van der Waals surface area (Å²) in [5.74, 6) is -1.24. The average Bonchev–Trinajstić information content (AvgIpc) is 2.06. The minimum absolute atomic E-state index is 0.636. The van der Waals surface area contributed by atoms with Crippen molar-refractivity contribution in [3.63, 3.8) is 0 Å². The van der Waals surface area contributed by atoms with Crippen molar-refractivity contribution in [3.8, 4) is 0 Å². The molecule has 0 radical (unpaired) electrons. The number of hydrogen-bond donors (Lipinski definition) is 0. The second kappa shape index (κ2) is 2.31. The molecule has 0 fully saturated rings. The van der Waals surface area contributed by atoms with Crippen molar-refractivity contribution < 1.29 is 11.2 Å². The highest BCUT2D eigenvalue weighted by Crippen LogP contribution is 2.10. The molecule has 0 spiro atoms. The minimum Gasteiger partial charge on any atom is -0.224 e. The molecule has 0 aromatic carbocycles. The highest BCUT2D eigenvalue weighted by atomic mass is 35.5. The van der Waals surface area contributed by atoms with Crippen LogP contribution in [0.15, 0.2) is 12.1 Å². The number of aromatic nitrogens is 1. The van der Waals surface area contributed by atoms with Crippen molar-refractivity contribution in [1.29, 1.82) is 0 Å². The normalized spacial score (nSPS) is 19.1. The monoisotopic (exact) mass is 150 g/mol. The Balaban J connectivity index is 3.49. The summed E-state index contributed by atoms with van der Waals surface area (Å²) in [6, 6.07) is -1.33. The molecule has 1 heterocycles. The van der Waals surface area contributed by atoms with Gasteiger partial charge in [0.2, 0.25) is 5.95 Å². The van der Waals surface area contributed by atoms with Gasteiger partial charge in [0.1, 0.15) is 0 Å². The van der Waals surface area contributed by atoms with Gasteiger partial charge in [-0.2, -0.15) is 4.39 Å². The third kappa shape index (κ3) is 1.39. The molecule has 0 amide bonds. The van der Waals surface area contributed by atoms with Gasteiger partial charge in [-0.15, -0.1) is 0 Å². The zero-order valence-corrected chi connectivity index (χ0v) is 4.96. The minimum atomic E-state index is -2.71. The summed E-state index contributed by atoms with van der Waals surface area (Å²) >= 11 is 5.28. The number of pyridine rings is 1. The Morgan fingerprint density at radius 1 is 1.89 bits per heavy atom. The van der Waals surface area contributed by atoms with Gasteiger partial charge >= 0.3 is 0 Å². The Morgan fingerprint density at radius 2 is 2.67 bits per heavy atom. The van der Waals surface area contributed by atoms with Crippen molar-refractivity contribution in [2.24, 2.45) is 0 Å². The topological polar surface area (TPSA) is 12.9 Å². The summed E-state index contributed by atoms with van der Waals surface area (Å²) in [5, 5.41) is -0.636. The number of hydrogen-bond acceptors (Lipinski definition) is 1. The fraction of sp³-hybridized carbons (Fsp3) is 0.167. The third-order valence-electron chi connectivity index (χ3n) is 0.682. The van der Waals surface area contributed by atoms with E-state index in [1.54, 1.807) is 0 Å². The Labute approximate surface area is 64.5 Å². The average molecular weight is 151 g/mol. The van der Waals surface area contributed by atoms with E-state index in [0.717, 1.165) is 0 Å². The van der Waals surface area contributed by atoms with Crippen LogP contribution in [0, 0.1) is 12.8 Å². The maximum atomic E-state index is 12.9. The highest BCUT2D eigenvalue weighted by molar-refractivity contribution is 6.30. The van der Waals surface area contributed by atoms with Gasteiger partial charge in [0, 0.05) is 9.81 Å². The molecule has 0 aliphatic carbocycles. The first-order valence-corrected chi connectivity index (χ1v) is 2.45. The van der Waals surface area contributed by atoms with Crippen LogP contribution in [-0.2, 0) is 0 Å². The van der Waals surface area contributed by atoms with E-state index in [4.69, 9.17) is 18.5 Å². The molecular weight excluding hydrogens is 141 g/mol. The van der Waals surface area contributed by atoms with Gasteiger partial charge in [0.05, 0.1) is 7.76 Å². The molecule has 1 rings (SSSR count). The molecule has 0 aliphatic heterocycles. The van der Waals surface area contributed by atoms with Crippen LogP contribution in [0.1, 0.15) is 12.5 Å². The van der Waals surface area contributed by atoms with Gasteiger partial charge in [-0.25, -0.2) is 4.98 Å². The molecule has 0 unspecified atom stereocenters. The molecule has 9 heavy (non-hydrogen) atoms. The van der Waals surface area contributed by atoms with E-state index in [9.17, 15) is 4.39 Å². The van der Waals surface area contributed by atoms with Crippen LogP contribution < -0.4 is 0 Å². The highest BCUT2D eigenvalue weighted by Gasteiger charge is 1.97. The number of nitrogens with zero attached hydrogens (tertiary/aromatic N) is 1. The van der Waals surface area contributed by atoms with E-state index >= 15 is 0 Å². The lowest BCUT2D eigenvalue weighted by atomic mass is 10.4. The molecular formula is C6H5ClFN. The lowest BCUT2D eigenvalue weighted by Crippen LogP contribution is -1.85. The van der Waals surface area contributed by atoms with Crippen molar-refractivity contribution in [2.45, 2.75) is 6.85 Å². The lowest BCUT2D eigenvalue weighted by molar-refractivity contribution is 0.580. The summed E-state index contributed by atoms with van der Waals surface area (Å²) in [6.07, 6.45) is 0. The van der Waals surface area contributed by atoms with E-state index in [1.807, 2.05) is 0 Å². The summed E-state index contributed by atoms with van der Waals surface area (Å²) < 4.78 is 48.0. The third-order valence-corrected chi connectivity index (χ3v) is 0.932. The van der Waals surface area contributed by atoms with E-state index < -0.39 is 35.6 Å². The van der Waals surface area contributed by atoms with Crippen LogP contribution in [0.3, 0.4) is 0 Å². The predicted octanol–water partition coefficient (Wildman–Crippen LogP) is 2.18. The van der Waals surface area contributed by atoms with Crippen molar-refractivity contribution in [3.05, 3.63) is 28.7 Å². The molecule has 0 N–H and O–H groups in total. The Morgan fingerprint density at radius 3 is 3.33 bits per heavy atom. The fourth-order valence-electron chi connectivity index (χ4n) is 0.341. The van der Waals surface area contributed by atoms with Crippen LogP contribution in [0.25, 0.3) is 0 Å². The number of halogens is 2. The summed E-state index contributed by atoms with van der Waals surface area (Å²) in [4.78, 5) is 3.04. The molecule has 0 saturated heterocycles. The van der Waals surface area contributed by atoms with Gasteiger partial charge in [0.25, 0.3) is 0 Å². The Kier molecular flexibility index (Phi) is 0.654. The van der Waals surface area contributed by atoms with E-state index in [1.165, 1.54) is 0 Å². The second-order valence-electron chi connectivity index (χ2n) is 1.32. The number of aryl methyl sites for hydroxylation is 1. The van der Waals surface area contributed by atoms with E-state index in [-0.39, 0.29) is 0 Å². The first kappa shape index (κ1) is 2.54. The maximum Gasteiger partial charge on any atom is 0.231 e. The van der Waals surface area contributed by atoms with Crippen LogP contribution in [0.4, 0.5) is 4.39 Å².